The summed E-state index contributed by atoms with van der Waals surface area (Å²) in [4.78, 5) is 4.51. The molecule has 1 aromatic carbocycles. The van der Waals surface area contributed by atoms with Crippen molar-refractivity contribution in [2.24, 2.45) is 5.92 Å². The maximum atomic E-state index is 5.37. The highest BCUT2D eigenvalue weighted by atomic mass is 16.5. The molecule has 106 valence electrons. The van der Waals surface area contributed by atoms with Crippen LogP contribution in [-0.4, -0.2) is 23.2 Å². The van der Waals surface area contributed by atoms with Gasteiger partial charge in [-0.05, 0) is 38.3 Å². The standard InChI is InChI=1S/C16H21N3O/c1-11-3-5-12(6-4-11)9-15-18-16(20-19-15)10-14(17-2)13-7-8-13/h3-6,13-14,17H,7-10H2,1-2H3. The van der Waals surface area contributed by atoms with E-state index in [4.69, 9.17) is 4.52 Å². The topological polar surface area (TPSA) is 51.0 Å². The summed E-state index contributed by atoms with van der Waals surface area (Å²) in [5.41, 5.74) is 2.49. The molecular weight excluding hydrogens is 250 g/mol. The monoisotopic (exact) mass is 271 g/mol. The van der Waals surface area contributed by atoms with Crippen molar-refractivity contribution in [3.8, 4) is 0 Å². The third kappa shape index (κ3) is 3.25. The van der Waals surface area contributed by atoms with Crippen molar-refractivity contribution in [3.05, 3.63) is 47.1 Å². The summed E-state index contributed by atoms with van der Waals surface area (Å²) < 4.78 is 5.37. The van der Waals surface area contributed by atoms with E-state index in [1.165, 1.54) is 24.0 Å². The number of aryl methyl sites for hydroxylation is 1. The lowest BCUT2D eigenvalue weighted by molar-refractivity contribution is 0.349. The van der Waals surface area contributed by atoms with Gasteiger partial charge in [-0.1, -0.05) is 35.0 Å². The van der Waals surface area contributed by atoms with Crippen LogP contribution in [0.4, 0.5) is 0 Å². The zero-order chi connectivity index (χ0) is 13.9. The van der Waals surface area contributed by atoms with E-state index < -0.39 is 0 Å². The van der Waals surface area contributed by atoms with E-state index >= 15 is 0 Å². The second kappa shape index (κ2) is 5.75. The Morgan fingerprint density at radius 2 is 2.05 bits per heavy atom. The summed E-state index contributed by atoms with van der Waals surface area (Å²) in [5, 5.41) is 7.44. The van der Waals surface area contributed by atoms with Gasteiger partial charge in [-0.3, -0.25) is 0 Å². The average Bonchev–Trinajstić information content (AvgIpc) is 3.20. The summed E-state index contributed by atoms with van der Waals surface area (Å²) >= 11 is 0. The normalized spacial score (nSPS) is 16.3. The lowest BCUT2D eigenvalue weighted by Crippen LogP contribution is -2.29. The van der Waals surface area contributed by atoms with E-state index in [2.05, 4.69) is 46.6 Å². The number of aromatic nitrogens is 2. The molecule has 1 aliphatic carbocycles. The van der Waals surface area contributed by atoms with Crippen LogP contribution in [0.2, 0.25) is 0 Å². The fourth-order valence-corrected chi connectivity index (χ4v) is 2.52. The molecule has 1 fully saturated rings. The van der Waals surface area contributed by atoms with Crippen molar-refractivity contribution in [1.82, 2.24) is 15.5 Å². The van der Waals surface area contributed by atoms with E-state index in [1.54, 1.807) is 0 Å². The van der Waals surface area contributed by atoms with Gasteiger partial charge in [0.25, 0.3) is 0 Å². The van der Waals surface area contributed by atoms with Gasteiger partial charge in [-0.25, -0.2) is 0 Å². The molecule has 0 radical (unpaired) electrons. The second-order valence-corrected chi connectivity index (χ2v) is 5.70. The number of nitrogens with one attached hydrogen (secondary N) is 1. The summed E-state index contributed by atoms with van der Waals surface area (Å²) in [6.07, 6.45) is 4.20. The molecule has 20 heavy (non-hydrogen) atoms. The van der Waals surface area contributed by atoms with Crippen molar-refractivity contribution in [2.45, 2.75) is 38.6 Å². The van der Waals surface area contributed by atoms with Crippen molar-refractivity contribution in [1.29, 1.82) is 0 Å². The molecule has 2 aromatic rings. The van der Waals surface area contributed by atoms with Crippen molar-refractivity contribution in [2.75, 3.05) is 7.05 Å². The number of benzene rings is 1. The van der Waals surface area contributed by atoms with Crippen LogP contribution in [0.1, 0.15) is 35.7 Å². The van der Waals surface area contributed by atoms with Crippen LogP contribution in [0.15, 0.2) is 28.8 Å². The number of hydrogen-bond acceptors (Lipinski definition) is 4. The molecule has 1 unspecified atom stereocenters. The molecule has 4 nitrogen and oxygen atoms in total. The van der Waals surface area contributed by atoms with E-state index in [-0.39, 0.29) is 0 Å². The van der Waals surface area contributed by atoms with E-state index in [1.807, 2.05) is 7.05 Å². The van der Waals surface area contributed by atoms with Gasteiger partial charge in [0.1, 0.15) is 0 Å². The lowest BCUT2D eigenvalue weighted by Gasteiger charge is -2.11. The highest BCUT2D eigenvalue weighted by Crippen LogP contribution is 2.33. The minimum absolute atomic E-state index is 0.475. The van der Waals surface area contributed by atoms with Gasteiger partial charge < -0.3 is 9.84 Å². The summed E-state index contributed by atoms with van der Waals surface area (Å²) in [6, 6.07) is 8.93. The summed E-state index contributed by atoms with van der Waals surface area (Å²) in [5.74, 6) is 2.31. The second-order valence-electron chi connectivity index (χ2n) is 5.70. The molecule has 1 atom stereocenters. The maximum absolute atomic E-state index is 5.37. The van der Waals surface area contributed by atoms with E-state index in [0.717, 1.165) is 30.5 Å². The Labute approximate surface area is 119 Å². The Kier molecular flexibility index (Phi) is 3.83. The minimum atomic E-state index is 0.475. The maximum Gasteiger partial charge on any atom is 0.228 e. The van der Waals surface area contributed by atoms with Gasteiger partial charge in [0.2, 0.25) is 5.89 Å². The first kappa shape index (κ1) is 13.3. The third-order valence-corrected chi connectivity index (χ3v) is 3.95. The van der Waals surface area contributed by atoms with Crippen molar-refractivity contribution in [3.63, 3.8) is 0 Å². The highest BCUT2D eigenvalue weighted by Gasteiger charge is 2.31. The van der Waals surface area contributed by atoms with E-state index in [9.17, 15) is 0 Å². The fourth-order valence-electron chi connectivity index (χ4n) is 2.52. The molecule has 1 heterocycles. The molecule has 1 aromatic heterocycles. The molecule has 0 amide bonds. The number of nitrogens with zero attached hydrogens (tertiary/aromatic N) is 2. The van der Waals surface area contributed by atoms with Crippen LogP contribution in [-0.2, 0) is 12.8 Å². The summed E-state index contributed by atoms with van der Waals surface area (Å²) in [7, 11) is 2.01. The molecule has 0 bridgehead atoms. The summed E-state index contributed by atoms with van der Waals surface area (Å²) in [6.45, 7) is 2.09. The first-order valence-electron chi connectivity index (χ1n) is 7.29. The highest BCUT2D eigenvalue weighted by molar-refractivity contribution is 5.23. The fraction of sp³-hybridized carbons (Fsp3) is 0.500. The molecule has 1 aliphatic rings. The molecule has 4 heteroatoms. The Morgan fingerprint density at radius 1 is 1.30 bits per heavy atom. The molecule has 3 rings (SSSR count). The van der Waals surface area contributed by atoms with Crippen LogP contribution in [0, 0.1) is 12.8 Å². The zero-order valence-electron chi connectivity index (χ0n) is 12.1. The quantitative estimate of drug-likeness (QED) is 0.877. The van der Waals surface area contributed by atoms with Gasteiger partial charge in [0.05, 0.1) is 0 Å². The minimum Gasteiger partial charge on any atom is -0.339 e. The predicted molar refractivity (Wildman–Crippen MR) is 77.6 cm³/mol. The molecule has 0 saturated heterocycles. The molecule has 0 spiro atoms. The van der Waals surface area contributed by atoms with Crippen LogP contribution < -0.4 is 5.32 Å². The van der Waals surface area contributed by atoms with Crippen LogP contribution >= 0.6 is 0 Å². The smallest absolute Gasteiger partial charge is 0.228 e. The molecule has 1 N–H and O–H groups in total. The SMILES string of the molecule is CNC(Cc1nc(Cc2ccc(C)cc2)no1)C1CC1. The molecule has 1 saturated carbocycles. The Hall–Kier alpha value is -1.68. The third-order valence-electron chi connectivity index (χ3n) is 3.95. The predicted octanol–water partition coefficient (Wildman–Crippen LogP) is 2.51. The van der Waals surface area contributed by atoms with E-state index in [0.29, 0.717) is 6.04 Å². The first-order chi connectivity index (χ1) is 9.74. The Morgan fingerprint density at radius 3 is 2.70 bits per heavy atom. The number of hydrogen-bond donors (Lipinski definition) is 1. The number of rotatable bonds is 6. The average molecular weight is 271 g/mol. The Bertz CT molecular complexity index is 557. The Balaban J connectivity index is 1.62. The van der Waals surface area contributed by atoms with Crippen LogP contribution in [0.5, 0.6) is 0 Å². The van der Waals surface area contributed by atoms with Gasteiger partial charge in [-0.2, -0.15) is 4.98 Å². The van der Waals surface area contributed by atoms with Gasteiger partial charge >= 0.3 is 0 Å². The lowest BCUT2D eigenvalue weighted by atomic mass is 10.1. The van der Waals surface area contributed by atoms with Crippen molar-refractivity contribution < 1.29 is 4.52 Å². The number of likely N-dealkylation sites (N-methyl/N-ethyl adjacent to an activating group) is 1. The zero-order valence-corrected chi connectivity index (χ0v) is 12.1. The van der Waals surface area contributed by atoms with Gasteiger partial charge in [0.15, 0.2) is 5.82 Å². The molecular formula is C16H21N3O. The largest absolute Gasteiger partial charge is 0.339 e. The first-order valence-corrected chi connectivity index (χ1v) is 7.29. The van der Waals surface area contributed by atoms with Gasteiger partial charge in [-0.15, -0.1) is 0 Å². The van der Waals surface area contributed by atoms with Crippen molar-refractivity contribution >= 4 is 0 Å². The van der Waals surface area contributed by atoms with Gasteiger partial charge in [0, 0.05) is 18.9 Å². The van der Waals surface area contributed by atoms with Crippen LogP contribution in [0.3, 0.4) is 0 Å². The molecule has 0 aliphatic heterocycles. The van der Waals surface area contributed by atoms with Crippen LogP contribution in [0.25, 0.3) is 0 Å².